The van der Waals surface area contributed by atoms with Crippen molar-refractivity contribution in [2.45, 2.75) is 84.1 Å². The van der Waals surface area contributed by atoms with Gasteiger partial charge in [0.05, 0.1) is 6.54 Å². The van der Waals surface area contributed by atoms with Gasteiger partial charge in [-0.05, 0) is 38.5 Å². The van der Waals surface area contributed by atoms with Crippen LogP contribution in [0, 0.1) is 5.92 Å². The van der Waals surface area contributed by atoms with Crippen LogP contribution in [0.4, 0.5) is 0 Å². The molecule has 3 rings (SSSR count). The maximum Gasteiger partial charge on any atom is 0.228 e. The molecular weight excluding hydrogens is 364 g/mol. The number of aliphatic imine (C=N–C) groups is 1. The van der Waals surface area contributed by atoms with Crippen molar-refractivity contribution in [2.24, 2.45) is 10.9 Å². The van der Waals surface area contributed by atoms with Crippen LogP contribution in [-0.4, -0.2) is 59.8 Å². The minimum Gasteiger partial charge on any atom is -0.357 e. The zero-order chi connectivity index (χ0) is 20.5. The molecule has 7 nitrogen and oxygen atoms in total. The Morgan fingerprint density at radius 3 is 2.59 bits per heavy atom. The third-order valence-electron chi connectivity index (χ3n) is 6.11. The minimum absolute atomic E-state index is 0.291. The van der Waals surface area contributed by atoms with Crippen LogP contribution in [0.1, 0.15) is 83.3 Å². The average molecular weight is 405 g/mol. The zero-order valence-electron chi connectivity index (χ0n) is 18.6. The highest BCUT2D eigenvalue weighted by Gasteiger charge is 2.23. The zero-order valence-corrected chi connectivity index (χ0v) is 18.6. The van der Waals surface area contributed by atoms with Crippen molar-refractivity contribution in [3.05, 3.63) is 11.7 Å². The predicted octanol–water partition coefficient (Wildman–Crippen LogP) is 3.34. The molecule has 0 bridgehead atoms. The monoisotopic (exact) mass is 404 g/mol. The van der Waals surface area contributed by atoms with Crippen LogP contribution in [0.15, 0.2) is 9.52 Å². The molecule has 2 fully saturated rings. The summed E-state index contributed by atoms with van der Waals surface area (Å²) >= 11 is 0. The van der Waals surface area contributed by atoms with Crippen LogP contribution in [-0.2, 0) is 6.42 Å². The fraction of sp³-hybridized carbons (Fsp3) is 0.864. The normalized spacial score (nSPS) is 20.3. The van der Waals surface area contributed by atoms with Crippen molar-refractivity contribution in [2.75, 3.05) is 32.7 Å². The number of rotatable bonds is 8. The fourth-order valence-corrected chi connectivity index (χ4v) is 4.38. The quantitative estimate of drug-likeness (QED) is 0.511. The molecule has 1 saturated heterocycles. The summed E-state index contributed by atoms with van der Waals surface area (Å²) in [6.07, 6.45) is 10.3. The lowest BCUT2D eigenvalue weighted by molar-refractivity contribution is 0.160. The first-order chi connectivity index (χ1) is 14.1. The van der Waals surface area contributed by atoms with E-state index in [0.29, 0.717) is 30.8 Å². The standard InChI is InChI=1S/C22H40N6O/c1-4-23-22(24-13-10-20-26-21(17(2)3)27-29-20)25-19-11-14-28(15-12-19)16-18-8-6-5-7-9-18/h17-19H,4-16H2,1-3H3,(H2,23,24,25). The van der Waals surface area contributed by atoms with Gasteiger partial charge in [0.2, 0.25) is 5.89 Å². The molecule has 7 heteroatoms. The van der Waals surface area contributed by atoms with Crippen LogP contribution in [0.2, 0.25) is 0 Å². The van der Waals surface area contributed by atoms with Gasteiger partial charge in [0, 0.05) is 44.6 Å². The van der Waals surface area contributed by atoms with Crippen LogP contribution < -0.4 is 10.6 Å². The largest absolute Gasteiger partial charge is 0.357 e. The van der Waals surface area contributed by atoms with E-state index in [1.165, 1.54) is 64.6 Å². The summed E-state index contributed by atoms with van der Waals surface area (Å²) < 4.78 is 5.32. The average Bonchev–Trinajstić information content (AvgIpc) is 3.20. The van der Waals surface area contributed by atoms with E-state index in [1.54, 1.807) is 0 Å². The summed E-state index contributed by atoms with van der Waals surface area (Å²) in [6.45, 7) is 11.5. The number of aromatic nitrogens is 2. The topological polar surface area (TPSA) is 78.6 Å². The molecule has 1 saturated carbocycles. The molecule has 0 spiro atoms. The minimum atomic E-state index is 0.291. The van der Waals surface area contributed by atoms with Gasteiger partial charge in [-0.3, -0.25) is 4.99 Å². The Balaban J connectivity index is 1.40. The Morgan fingerprint density at radius 2 is 1.93 bits per heavy atom. The van der Waals surface area contributed by atoms with Gasteiger partial charge < -0.3 is 20.1 Å². The SMILES string of the molecule is CCNC(=NCCc1nc(C(C)C)no1)NC1CCN(CC2CCCCC2)CC1. The van der Waals surface area contributed by atoms with Gasteiger partial charge >= 0.3 is 0 Å². The number of hydrogen-bond donors (Lipinski definition) is 2. The molecule has 0 amide bonds. The Morgan fingerprint density at radius 1 is 1.17 bits per heavy atom. The molecule has 29 heavy (non-hydrogen) atoms. The van der Waals surface area contributed by atoms with Crippen molar-refractivity contribution < 1.29 is 4.52 Å². The van der Waals surface area contributed by atoms with Crippen LogP contribution >= 0.6 is 0 Å². The molecule has 2 heterocycles. The first kappa shape index (κ1) is 22.1. The summed E-state index contributed by atoms with van der Waals surface area (Å²) in [5, 5.41) is 11.0. The molecule has 2 aliphatic rings. The van der Waals surface area contributed by atoms with Crippen LogP contribution in [0.5, 0.6) is 0 Å². The highest BCUT2D eigenvalue weighted by Crippen LogP contribution is 2.25. The Hall–Kier alpha value is -1.63. The van der Waals surface area contributed by atoms with Crippen molar-refractivity contribution in [3.8, 4) is 0 Å². The molecule has 1 aromatic rings. The van der Waals surface area contributed by atoms with E-state index in [4.69, 9.17) is 9.52 Å². The van der Waals surface area contributed by atoms with Gasteiger partial charge in [-0.1, -0.05) is 38.3 Å². The third-order valence-corrected chi connectivity index (χ3v) is 6.11. The molecule has 0 radical (unpaired) electrons. The molecule has 2 N–H and O–H groups in total. The molecule has 0 aromatic carbocycles. The van der Waals surface area contributed by atoms with Gasteiger partial charge in [-0.2, -0.15) is 4.98 Å². The maximum atomic E-state index is 5.32. The molecule has 164 valence electrons. The van der Waals surface area contributed by atoms with Crippen LogP contribution in [0.3, 0.4) is 0 Å². The molecular formula is C22H40N6O. The number of nitrogens with one attached hydrogen (secondary N) is 2. The van der Waals surface area contributed by atoms with E-state index < -0.39 is 0 Å². The molecule has 1 aliphatic carbocycles. The first-order valence-corrected chi connectivity index (χ1v) is 11.7. The smallest absolute Gasteiger partial charge is 0.228 e. The molecule has 0 unspecified atom stereocenters. The lowest BCUT2D eigenvalue weighted by Crippen LogP contribution is -2.49. The molecule has 0 atom stereocenters. The van der Waals surface area contributed by atoms with Crippen molar-refractivity contribution in [1.82, 2.24) is 25.7 Å². The summed E-state index contributed by atoms with van der Waals surface area (Å²) in [5.74, 6) is 3.58. The van der Waals surface area contributed by atoms with Crippen molar-refractivity contribution in [1.29, 1.82) is 0 Å². The Bertz CT molecular complexity index is 615. The number of likely N-dealkylation sites (tertiary alicyclic amines) is 1. The van der Waals surface area contributed by atoms with E-state index >= 15 is 0 Å². The summed E-state index contributed by atoms with van der Waals surface area (Å²) in [6, 6.07) is 0.506. The van der Waals surface area contributed by atoms with E-state index in [9.17, 15) is 0 Å². The third kappa shape index (κ3) is 7.28. The summed E-state index contributed by atoms with van der Waals surface area (Å²) in [7, 11) is 0. The highest BCUT2D eigenvalue weighted by molar-refractivity contribution is 5.80. The van der Waals surface area contributed by atoms with Gasteiger partial charge in [-0.15, -0.1) is 0 Å². The lowest BCUT2D eigenvalue weighted by Gasteiger charge is -2.36. The Kier molecular flexibility index (Phi) is 8.77. The summed E-state index contributed by atoms with van der Waals surface area (Å²) in [4.78, 5) is 11.8. The number of hydrogen-bond acceptors (Lipinski definition) is 5. The second-order valence-corrected chi connectivity index (χ2v) is 8.93. The van der Waals surface area contributed by atoms with Crippen molar-refractivity contribution >= 4 is 5.96 Å². The van der Waals surface area contributed by atoms with E-state index in [1.807, 2.05) is 0 Å². The Labute approximate surface area is 176 Å². The lowest BCUT2D eigenvalue weighted by atomic mass is 9.88. The predicted molar refractivity (Wildman–Crippen MR) is 117 cm³/mol. The van der Waals surface area contributed by atoms with Crippen LogP contribution in [0.25, 0.3) is 0 Å². The van der Waals surface area contributed by atoms with Gasteiger partial charge in [0.25, 0.3) is 0 Å². The maximum absolute atomic E-state index is 5.32. The molecule has 1 aromatic heterocycles. The number of piperidine rings is 1. The second kappa shape index (κ2) is 11.5. The van der Waals surface area contributed by atoms with Gasteiger partial charge in [0.1, 0.15) is 0 Å². The van der Waals surface area contributed by atoms with Gasteiger partial charge in [-0.25, -0.2) is 0 Å². The first-order valence-electron chi connectivity index (χ1n) is 11.7. The van der Waals surface area contributed by atoms with Gasteiger partial charge in [0.15, 0.2) is 11.8 Å². The van der Waals surface area contributed by atoms with E-state index in [-0.39, 0.29) is 0 Å². The molecule has 1 aliphatic heterocycles. The number of guanidine groups is 1. The van der Waals surface area contributed by atoms with Crippen molar-refractivity contribution in [3.63, 3.8) is 0 Å². The summed E-state index contributed by atoms with van der Waals surface area (Å²) in [5.41, 5.74) is 0. The van der Waals surface area contributed by atoms with E-state index in [2.05, 4.69) is 46.4 Å². The number of nitrogens with zero attached hydrogens (tertiary/aromatic N) is 4. The fourth-order valence-electron chi connectivity index (χ4n) is 4.38. The highest BCUT2D eigenvalue weighted by atomic mass is 16.5. The van der Waals surface area contributed by atoms with E-state index in [0.717, 1.165) is 24.2 Å². The second-order valence-electron chi connectivity index (χ2n) is 8.93.